The Labute approximate surface area is 129 Å². The Morgan fingerprint density at radius 1 is 1.38 bits per heavy atom. The fourth-order valence-electron chi connectivity index (χ4n) is 2.97. The summed E-state index contributed by atoms with van der Waals surface area (Å²) in [5.41, 5.74) is 1.16. The van der Waals surface area contributed by atoms with Gasteiger partial charge in [-0.1, -0.05) is 13.0 Å². The van der Waals surface area contributed by atoms with Crippen molar-refractivity contribution in [1.82, 2.24) is 4.90 Å². The van der Waals surface area contributed by atoms with Crippen molar-refractivity contribution in [2.75, 3.05) is 25.5 Å². The minimum absolute atomic E-state index is 0.268. The molecule has 0 aliphatic carbocycles. The molecule has 21 heavy (non-hydrogen) atoms. The SMILES string of the molecule is CCC(C)Oc1cccc(NC(C)C2CCCN(C)C2)c1. The van der Waals surface area contributed by atoms with Gasteiger partial charge in [-0.05, 0) is 64.8 Å². The predicted molar refractivity (Wildman–Crippen MR) is 90.1 cm³/mol. The van der Waals surface area contributed by atoms with Gasteiger partial charge in [-0.25, -0.2) is 0 Å². The van der Waals surface area contributed by atoms with E-state index >= 15 is 0 Å². The van der Waals surface area contributed by atoms with Crippen LogP contribution in [0.25, 0.3) is 0 Å². The summed E-state index contributed by atoms with van der Waals surface area (Å²) in [6, 6.07) is 8.85. The minimum atomic E-state index is 0.268. The molecule has 1 N–H and O–H groups in total. The Morgan fingerprint density at radius 2 is 2.19 bits per heavy atom. The third-order valence-corrected chi connectivity index (χ3v) is 4.51. The van der Waals surface area contributed by atoms with Crippen LogP contribution in [-0.2, 0) is 0 Å². The van der Waals surface area contributed by atoms with Gasteiger partial charge in [0.05, 0.1) is 6.10 Å². The van der Waals surface area contributed by atoms with Crippen LogP contribution in [0.15, 0.2) is 24.3 Å². The number of anilines is 1. The Hall–Kier alpha value is -1.22. The number of piperidine rings is 1. The summed E-state index contributed by atoms with van der Waals surface area (Å²) in [5, 5.41) is 3.66. The summed E-state index contributed by atoms with van der Waals surface area (Å²) in [6.07, 6.45) is 3.93. The van der Waals surface area contributed by atoms with Crippen LogP contribution >= 0.6 is 0 Å². The maximum atomic E-state index is 5.90. The average Bonchev–Trinajstić information content (AvgIpc) is 2.47. The van der Waals surface area contributed by atoms with Crippen molar-refractivity contribution in [1.29, 1.82) is 0 Å². The molecule has 1 fully saturated rings. The van der Waals surface area contributed by atoms with Crippen LogP contribution < -0.4 is 10.1 Å². The first-order chi connectivity index (χ1) is 10.1. The molecule has 0 spiro atoms. The van der Waals surface area contributed by atoms with E-state index in [1.165, 1.54) is 25.9 Å². The van der Waals surface area contributed by atoms with Gasteiger partial charge in [0, 0.05) is 24.3 Å². The summed E-state index contributed by atoms with van der Waals surface area (Å²) in [4.78, 5) is 2.44. The van der Waals surface area contributed by atoms with E-state index in [1.54, 1.807) is 0 Å². The molecule has 0 saturated carbocycles. The fourth-order valence-corrected chi connectivity index (χ4v) is 2.97. The standard InChI is InChI=1S/C18H30N2O/c1-5-14(2)21-18-10-6-9-17(12-18)19-15(3)16-8-7-11-20(4)13-16/h6,9-10,12,14-16,19H,5,7-8,11,13H2,1-4H3. The van der Waals surface area contributed by atoms with Crippen LogP contribution in [0.1, 0.15) is 40.0 Å². The molecule has 0 bridgehead atoms. The summed E-state index contributed by atoms with van der Waals surface area (Å²) in [6.45, 7) is 8.99. The van der Waals surface area contributed by atoms with Crippen LogP contribution in [-0.4, -0.2) is 37.2 Å². The lowest BCUT2D eigenvalue weighted by atomic mass is 9.92. The highest BCUT2D eigenvalue weighted by Crippen LogP contribution is 2.24. The highest BCUT2D eigenvalue weighted by atomic mass is 16.5. The van der Waals surface area contributed by atoms with E-state index in [0.29, 0.717) is 6.04 Å². The van der Waals surface area contributed by atoms with Crippen molar-refractivity contribution in [3.8, 4) is 5.75 Å². The third-order valence-electron chi connectivity index (χ3n) is 4.51. The number of likely N-dealkylation sites (tertiary alicyclic amines) is 1. The predicted octanol–water partition coefficient (Wildman–Crippen LogP) is 4.01. The minimum Gasteiger partial charge on any atom is -0.491 e. The van der Waals surface area contributed by atoms with Gasteiger partial charge < -0.3 is 15.0 Å². The molecular weight excluding hydrogens is 260 g/mol. The zero-order valence-corrected chi connectivity index (χ0v) is 13.9. The molecule has 1 saturated heterocycles. The van der Waals surface area contributed by atoms with Crippen molar-refractivity contribution in [2.24, 2.45) is 5.92 Å². The molecule has 1 aromatic rings. The topological polar surface area (TPSA) is 24.5 Å². The molecule has 0 aromatic heterocycles. The van der Waals surface area contributed by atoms with Crippen molar-refractivity contribution in [3.05, 3.63) is 24.3 Å². The molecule has 0 amide bonds. The molecule has 1 aliphatic rings. The van der Waals surface area contributed by atoms with Gasteiger partial charge >= 0.3 is 0 Å². The molecule has 118 valence electrons. The van der Waals surface area contributed by atoms with Crippen LogP contribution in [0.2, 0.25) is 0 Å². The lowest BCUT2D eigenvalue weighted by Gasteiger charge is -2.34. The van der Waals surface area contributed by atoms with Crippen LogP contribution in [0.3, 0.4) is 0 Å². The van der Waals surface area contributed by atoms with Crippen LogP contribution in [0, 0.1) is 5.92 Å². The average molecular weight is 290 g/mol. The van der Waals surface area contributed by atoms with Gasteiger partial charge in [-0.2, -0.15) is 0 Å². The van der Waals surface area contributed by atoms with E-state index in [2.05, 4.69) is 56.2 Å². The maximum absolute atomic E-state index is 5.90. The Morgan fingerprint density at radius 3 is 2.90 bits per heavy atom. The first-order valence-electron chi connectivity index (χ1n) is 8.30. The van der Waals surface area contributed by atoms with Crippen molar-refractivity contribution in [3.63, 3.8) is 0 Å². The Balaban J connectivity index is 1.93. The molecule has 2 rings (SSSR count). The lowest BCUT2D eigenvalue weighted by molar-refractivity contribution is 0.197. The number of nitrogens with zero attached hydrogens (tertiary/aromatic N) is 1. The summed E-state index contributed by atoms with van der Waals surface area (Å²) < 4.78 is 5.90. The maximum Gasteiger partial charge on any atom is 0.121 e. The van der Waals surface area contributed by atoms with Gasteiger partial charge in [0.25, 0.3) is 0 Å². The highest BCUT2D eigenvalue weighted by Gasteiger charge is 2.22. The molecule has 0 radical (unpaired) electrons. The highest BCUT2D eigenvalue weighted by molar-refractivity contribution is 5.49. The molecule has 3 atom stereocenters. The van der Waals surface area contributed by atoms with Gasteiger partial charge in [0.15, 0.2) is 0 Å². The van der Waals surface area contributed by atoms with Crippen molar-refractivity contribution in [2.45, 2.75) is 52.2 Å². The molecule has 1 heterocycles. The number of hydrogen-bond donors (Lipinski definition) is 1. The molecule has 1 aromatic carbocycles. The number of hydrogen-bond acceptors (Lipinski definition) is 3. The Kier molecular flexibility index (Phi) is 5.92. The fraction of sp³-hybridized carbons (Fsp3) is 0.667. The normalized spacial score (nSPS) is 22.6. The smallest absolute Gasteiger partial charge is 0.121 e. The molecule has 3 heteroatoms. The van der Waals surface area contributed by atoms with Gasteiger partial charge in [-0.15, -0.1) is 0 Å². The molecule has 3 unspecified atom stereocenters. The second-order valence-corrected chi connectivity index (χ2v) is 6.46. The summed E-state index contributed by atoms with van der Waals surface area (Å²) >= 11 is 0. The first kappa shape index (κ1) is 16.2. The number of rotatable bonds is 6. The van der Waals surface area contributed by atoms with Gasteiger partial charge in [0.1, 0.15) is 5.75 Å². The van der Waals surface area contributed by atoms with E-state index in [4.69, 9.17) is 4.74 Å². The van der Waals surface area contributed by atoms with Crippen LogP contribution in [0.5, 0.6) is 5.75 Å². The van der Waals surface area contributed by atoms with E-state index in [0.717, 1.165) is 23.8 Å². The Bertz CT molecular complexity index is 435. The number of nitrogens with one attached hydrogen (secondary N) is 1. The second-order valence-electron chi connectivity index (χ2n) is 6.46. The van der Waals surface area contributed by atoms with E-state index in [-0.39, 0.29) is 6.10 Å². The van der Waals surface area contributed by atoms with Gasteiger partial charge in [-0.3, -0.25) is 0 Å². The zero-order chi connectivity index (χ0) is 15.2. The zero-order valence-electron chi connectivity index (χ0n) is 13.9. The molecule has 3 nitrogen and oxygen atoms in total. The quantitative estimate of drug-likeness (QED) is 0.857. The summed E-state index contributed by atoms with van der Waals surface area (Å²) in [7, 11) is 2.22. The van der Waals surface area contributed by atoms with Crippen molar-refractivity contribution >= 4 is 5.69 Å². The van der Waals surface area contributed by atoms with E-state index < -0.39 is 0 Å². The monoisotopic (exact) mass is 290 g/mol. The van der Waals surface area contributed by atoms with E-state index in [9.17, 15) is 0 Å². The largest absolute Gasteiger partial charge is 0.491 e. The first-order valence-corrected chi connectivity index (χ1v) is 8.30. The number of ether oxygens (including phenoxy) is 1. The van der Waals surface area contributed by atoms with E-state index in [1.807, 2.05) is 6.07 Å². The number of benzene rings is 1. The van der Waals surface area contributed by atoms with Crippen molar-refractivity contribution < 1.29 is 4.74 Å². The molecule has 1 aliphatic heterocycles. The second kappa shape index (κ2) is 7.69. The summed E-state index contributed by atoms with van der Waals surface area (Å²) in [5.74, 6) is 1.69. The van der Waals surface area contributed by atoms with Crippen LogP contribution in [0.4, 0.5) is 5.69 Å². The lowest BCUT2D eigenvalue weighted by Crippen LogP contribution is -2.39. The van der Waals surface area contributed by atoms with Gasteiger partial charge in [0.2, 0.25) is 0 Å². The molecular formula is C18H30N2O. The third kappa shape index (κ3) is 4.92.